The van der Waals surface area contributed by atoms with E-state index in [1.54, 1.807) is 12.1 Å². The summed E-state index contributed by atoms with van der Waals surface area (Å²) in [6.45, 7) is 3.83. The number of fused-ring (bicyclic) bond motifs is 1. The number of methoxy groups -OCH3 is 1. The van der Waals surface area contributed by atoms with Gasteiger partial charge in [-0.05, 0) is 24.0 Å². The van der Waals surface area contributed by atoms with Crippen molar-refractivity contribution in [2.75, 3.05) is 38.2 Å². The van der Waals surface area contributed by atoms with Crippen molar-refractivity contribution in [2.24, 2.45) is 11.8 Å². The predicted molar refractivity (Wildman–Crippen MR) is 71.7 cm³/mol. The quantitative estimate of drug-likeness (QED) is 0.657. The molecule has 0 amide bonds. The van der Waals surface area contributed by atoms with E-state index in [0.717, 1.165) is 26.2 Å². The minimum atomic E-state index is -0.329. The fraction of sp³-hybridized carbons (Fsp3) is 0.538. The number of ether oxygens (including phenoxy) is 1. The van der Waals surface area contributed by atoms with Crippen molar-refractivity contribution < 1.29 is 9.66 Å². The molecule has 2 saturated heterocycles. The van der Waals surface area contributed by atoms with E-state index in [-0.39, 0.29) is 10.6 Å². The molecule has 1 N–H and O–H groups in total. The van der Waals surface area contributed by atoms with Crippen molar-refractivity contribution in [1.82, 2.24) is 5.32 Å². The van der Waals surface area contributed by atoms with Crippen LogP contribution >= 0.6 is 0 Å². The van der Waals surface area contributed by atoms with Crippen LogP contribution in [0.2, 0.25) is 0 Å². The Bertz CT molecular complexity index is 494. The van der Waals surface area contributed by atoms with Gasteiger partial charge in [-0.15, -0.1) is 0 Å². The van der Waals surface area contributed by atoms with Crippen molar-refractivity contribution >= 4 is 11.4 Å². The molecule has 0 radical (unpaired) electrons. The molecule has 0 aromatic heterocycles. The third-order valence-electron chi connectivity index (χ3n) is 4.11. The topological polar surface area (TPSA) is 67.6 Å². The van der Waals surface area contributed by atoms with Gasteiger partial charge in [-0.1, -0.05) is 0 Å². The third kappa shape index (κ3) is 2.12. The highest BCUT2D eigenvalue weighted by molar-refractivity contribution is 5.66. The van der Waals surface area contributed by atoms with E-state index in [1.165, 1.54) is 13.2 Å². The summed E-state index contributed by atoms with van der Waals surface area (Å²) in [7, 11) is 1.52. The lowest BCUT2D eigenvalue weighted by atomic mass is 10.0. The summed E-state index contributed by atoms with van der Waals surface area (Å²) in [4.78, 5) is 13.0. The molecule has 0 spiro atoms. The number of nitro groups is 1. The van der Waals surface area contributed by atoms with Crippen LogP contribution in [0.25, 0.3) is 0 Å². The molecule has 2 heterocycles. The lowest BCUT2D eigenvalue weighted by molar-refractivity contribution is -0.384. The molecular weight excluding hydrogens is 246 g/mol. The van der Waals surface area contributed by atoms with Crippen LogP contribution < -0.4 is 15.0 Å². The van der Waals surface area contributed by atoms with Crippen LogP contribution in [-0.4, -0.2) is 38.2 Å². The zero-order valence-corrected chi connectivity index (χ0v) is 10.8. The highest BCUT2D eigenvalue weighted by Gasteiger charge is 2.38. The molecule has 102 valence electrons. The summed E-state index contributed by atoms with van der Waals surface area (Å²) in [6, 6.07) is 5.09. The second kappa shape index (κ2) is 4.70. The molecule has 3 rings (SSSR count). The van der Waals surface area contributed by atoms with E-state index >= 15 is 0 Å². The number of nitrogens with zero attached hydrogens (tertiary/aromatic N) is 2. The summed E-state index contributed by atoms with van der Waals surface area (Å²) >= 11 is 0. The van der Waals surface area contributed by atoms with Gasteiger partial charge < -0.3 is 15.0 Å². The van der Waals surface area contributed by atoms with Gasteiger partial charge >= 0.3 is 0 Å². The standard InChI is InChI=1S/C13H17N3O3/c1-19-11-2-3-12(13(4-11)16(17)18)15-7-9-5-14-6-10(9)8-15/h2-4,9-10,14H,5-8H2,1H3. The van der Waals surface area contributed by atoms with Gasteiger partial charge in [0, 0.05) is 26.2 Å². The summed E-state index contributed by atoms with van der Waals surface area (Å²) < 4.78 is 5.06. The minimum Gasteiger partial charge on any atom is -0.496 e. The third-order valence-corrected chi connectivity index (χ3v) is 4.11. The van der Waals surface area contributed by atoms with Crippen molar-refractivity contribution in [3.8, 4) is 5.75 Å². The first kappa shape index (κ1) is 12.2. The summed E-state index contributed by atoms with van der Waals surface area (Å²) in [5.74, 6) is 1.75. The van der Waals surface area contributed by atoms with E-state index < -0.39 is 0 Å². The molecule has 0 aliphatic carbocycles. The van der Waals surface area contributed by atoms with Crippen LogP contribution in [0.5, 0.6) is 5.75 Å². The van der Waals surface area contributed by atoms with Crippen LogP contribution in [-0.2, 0) is 0 Å². The first-order valence-corrected chi connectivity index (χ1v) is 6.47. The Kier molecular flexibility index (Phi) is 3.02. The molecule has 6 heteroatoms. The monoisotopic (exact) mass is 263 g/mol. The molecule has 2 aliphatic rings. The molecular formula is C13H17N3O3. The van der Waals surface area contributed by atoms with Gasteiger partial charge in [0.15, 0.2) is 0 Å². The number of anilines is 1. The van der Waals surface area contributed by atoms with Gasteiger partial charge in [0.25, 0.3) is 5.69 Å². The highest BCUT2D eigenvalue weighted by Crippen LogP contribution is 2.37. The maximum absolute atomic E-state index is 11.2. The Morgan fingerprint density at radius 3 is 2.63 bits per heavy atom. The van der Waals surface area contributed by atoms with E-state index in [9.17, 15) is 10.1 Å². The molecule has 0 bridgehead atoms. The minimum absolute atomic E-state index is 0.132. The van der Waals surface area contributed by atoms with Crippen molar-refractivity contribution in [3.05, 3.63) is 28.3 Å². The maximum atomic E-state index is 11.2. The van der Waals surface area contributed by atoms with Crippen LogP contribution in [0.3, 0.4) is 0 Å². The van der Waals surface area contributed by atoms with E-state index in [2.05, 4.69) is 10.2 Å². The van der Waals surface area contributed by atoms with Crippen molar-refractivity contribution in [1.29, 1.82) is 0 Å². The molecule has 19 heavy (non-hydrogen) atoms. The lowest BCUT2D eigenvalue weighted by Crippen LogP contribution is -2.26. The van der Waals surface area contributed by atoms with Gasteiger partial charge in [-0.3, -0.25) is 10.1 Å². The summed E-state index contributed by atoms with van der Waals surface area (Å²) in [5, 5.41) is 14.6. The first-order valence-electron chi connectivity index (χ1n) is 6.47. The summed E-state index contributed by atoms with van der Waals surface area (Å²) in [6.07, 6.45) is 0. The van der Waals surface area contributed by atoms with Crippen LogP contribution in [0.15, 0.2) is 18.2 Å². The Labute approximate surface area is 111 Å². The number of nitrogens with one attached hydrogen (secondary N) is 1. The predicted octanol–water partition coefficient (Wildman–Crippen LogP) is 1.26. The SMILES string of the molecule is COc1ccc(N2CC3CNCC3C2)c([N+](=O)[O-])c1. The number of benzene rings is 1. The van der Waals surface area contributed by atoms with Gasteiger partial charge in [0.1, 0.15) is 11.4 Å². The van der Waals surface area contributed by atoms with Crippen molar-refractivity contribution in [2.45, 2.75) is 0 Å². The molecule has 2 unspecified atom stereocenters. The van der Waals surface area contributed by atoms with Crippen LogP contribution in [0.4, 0.5) is 11.4 Å². The number of hydrogen-bond acceptors (Lipinski definition) is 5. The molecule has 2 aliphatic heterocycles. The zero-order chi connectivity index (χ0) is 13.4. The van der Waals surface area contributed by atoms with Crippen LogP contribution in [0, 0.1) is 22.0 Å². The first-order chi connectivity index (χ1) is 9.19. The van der Waals surface area contributed by atoms with Crippen molar-refractivity contribution in [3.63, 3.8) is 0 Å². The lowest BCUT2D eigenvalue weighted by Gasteiger charge is -2.19. The Morgan fingerprint density at radius 1 is 1.37 bits per heavy atom. The average Bonchev–Trinajstić information content (AvgIpc) is 2.98. The number of hydrogen-bond donors (Lipinski definition) is 1. The highest BCUT2D eigenvalue weighted by atomic mass is 16.6. The van der Waals surface area contributed by atoms with Crippen LogP contribution in [0.1, 0.15) is 0 Å². The maximum Gasteiger partial charge on any atom is 0.296 e. The normalized spacial score (nSPS) is 25.4. The van der Waals surface area contributed by atoms with Gasteiger partial charge in [0.05, 0.1) is 18.1 Å². The molecule has 2 atom stereocenters. The molecule has 1 aromatic carbocycles. The average molecular weight is 263 g/mol. The molecule has 0 saturated carbocycles. The van der Waals surface area contributed by atoms with E-state index in [4.69, 9.17) is 4.74 Å². The summed E-state index contributed by atoms with van der Waals surface area (Å²) in [5.41, 5.74) is 0.840. The van der Waals surface area contributed by atoms with Gasteiger partial charge in [0.2, 0.25) is 0 Å². The second-order valence-corrected chi connectivity index (χ2v) is 5.20. The Balaban J connectivity index is 1.90. The zero-order valence-electron chi connectivity index (χ0n) is 10.8. The Morgan fingerprint density at radius 2 is 2.05 bits per heavy atom. The molecule has 1 aromatic rings. The fourth-order valence-electron chi connectivity index (χ4n) is 3.10. The molecule has 6 nitrogen and oxygen atoms in total. The smallest absolute Gasteiger partial charge is 0.296 e. The van der Waals surface area contributed by atoms with Gasteiger partial charge in [-0.2, -0.15) is 0 Å². The largest absolute Gasteiger partial charge is 0.496 e. The Hall–Kier alpha value is -1.82. The second-order valence-electron chi connectivity index (χ2n) is 5.20. The number of nitro benzene ring substituents is 1. The number of rotatable bonds is 3. The van der Waals surface area contributed by atoms with Gasteiger partial charge in [-0.25, -0.2) is 0 Å². The molecule has 2 fully saturated rings. The van der Waals surface area contributed by atoms with E-state index in [1.807, 2.05) is 0 Å². The van der Waals surface area contributed by atoms with E-state index in [0.29, 0.717) is 23.3 Å². The fourth-order valence-corrected chi connectivity index (χ4v) is 3.10.